The number of pyridine rings is 1. The first kappa shape index (κ1) is 13.8. The fourth-order valence-corrected chi connectivity index (χ4v) is 3.32. The number of likely N-dealkylation sites (tertiary alicyclic amines) is 1. The van der Waals surface area contributed by atoms with Gasteiger partial charge in [0.25, 0.3) is 0 Å². The second-order valence-electron chi connectivity index (χ2n) is 5.59. The Kier molecular flexibility index (Phi) is 4.22. The second-order valence-corrected chi connectivity index (χ2v) is 5.86. The predicted molar refractivity (Wildman–Crippen MR) is 82.1 cm³/mol. The summed E-state index contributed by atoms with van der Waals surface area (Å²) < 4.78 is 2.21. The largest absolute Gasteiger partial charge is 0.308 e. The van der Waals surface area contributed by atoms with Crippen LogP contribution < -0.4 is 0 Å². The molecular formula is C15H21ClN4. The van der Waals surface area contributed by atoms with Gasteiger partial charge in [-0.3, -0.25) is 0 Å². The lowest BCUT2D eigenvalue weighted by Gasteiger charge is -2.30. The van der Waals surface area contributed by atoms with Gasteiger partial charge in [0.2, 0.25) is 0 Å². The number of rotatable bonds is 4. The maximum Gasteiger partial charge on any atom is 0.160 e. The third-order valence-corrected chi connectivity index (χ3v) is 4.29. The predicted octanol–water partition coefficient (Wildman–Crippen LogP) is 3.22. The summed E-state index contributed by atoms with van der Waals surface area (Å²) in [5.41, 5.74) is 1.89. The number of imidazole rings is 1. The van der Waals surface area contributed by atoms with E-state index in [0.29, 0.717) is 11.9 Å². The van der Waals surface area contributed by atoms with Gasteiger partial charge in [0.1, 0.15) is 11.3 Å². The zero-order chi connectivity index (χ0) is 13.9. The molecule has 1 aliphatic rings. The standard InChI is InChI=1S/C15H21ClN4/c1-12(11-19-8-3-2-4-9-19)20-14(10-16)18-13-6-5-7-17-15(13)20/h5-7,12H,2-4,8-11H2,1H3. The van der Waals surface area contributed by atoms with Crippen molar-refractivity contribution >= 4 is 22.8 Å². The first-order valence-electron chi connectivity index (χ1n) is 7.39. The molecular weight excluding hydrogens is 272 g/mol. The zero-order valence-electron chi connectivity index (χ0n) is 11.9. The Morgan fingerprint density at radius 3 is 2.85 bits per heavy atom. The van der Waals surface area contributed by atoms with Gasteiger partial charge in [-0.05, 0) is 45.0 Å². The monoisotopic (exact) mass is 292 g/mol. The Morgan fingerprint density at radius 2 is 2.10 bits per heavy atom. The summed E-state index contributed by atoms with van der Waals surface area (Å²) in [6.07, 6.45) is 5.83. The average molecular weight is 293 g/mol. The number of halogens is 1. The number of hydrogen-bond acceptors (Lipinski definition) is 3. The van der Waals surface area contributed by atoms with Gasteiger partial charge < -0.3 is 9.47 Å². The van der Waals surface area contributed by atoms with Crippen molar-refractivity contribution in [1.29, 1.82) is 0 Å². The molecule has 0 spiro atoms. The van der Waals surface area contributed by atoms with Crippen molar-refractivity contribution < 1.29 is 0 Å². The SMILES string of the molecule is CC(CN1CCCCC1)n1c(CCl)nc2cccnc21. The second kappa shape index (κ2) is 6.10. The third kappa shape index (κ3) is 2.67. The van der Waals surface area contributed by atoms with E-state index in [9.17, 15) is 0 Å². The Morgan fingerprint density at radius 1 is 1.30 bits per heavy atom. The Hall–Kier alpha value is -1.13. The number of nitrogens with zero attached hydrogens (tertiary/aromatic N) is 4. The van der Waals surface area contributed by atoms with Crippen LogP contribution in [0.25, 0.3) is 11.2 Å². The molecule has 5 heteroatoms. The van der Waals surface area contributed by atoms with E-state index < -0.39 is 0 Å². The van der Waals surface area contributed by atoms with Gasteiger partial charge >= 0.3 is 0 Å². The molecule has 1 saturated heterocycles. The van der Waals surface area contributed by atoms with Crippen molar-refractivity contribution in [2.75, 3.05) is 19.6 Å². The third-order valence-electron chi connectivity index (χ3n) is 4.05. The van der Waals surface area contributed by atoms with Gasteiger partial charge in [-0.2, -0.15) is 0 Å². The first-order chi connectivity index (χ1) is 9.79. The van der Waals surface area contributed by atoms with Crippen LogP contribution in [-0.2, 0) is 5.88 Å². The van der Waals surface area contributed by atoms with E-state index in [1.54, 1.807) is 0 Å². The minimum atomic E-state index is 0.349. The fourth-order valence-electron chi connectivity index (χ4n) is 3.13. The van der Waals surface area contributed by atoms with Crippen molar-refractivity contribution in [3.63, 3.8) is 0 Å². The Balaban J connectivity index is 1.87. The van der Waals surface area contributed by atoms with Gasteiger partial charge in [-0.25, -0.2) is 9.97 Å². The molecule has 1 unspecified atom stereocenters. The van der Waals surface area contributed by atoms with Crippen molar-refractivity contribution in [2.24, 2.45) is 0 Å². The summed E-state index contributed by atoms with van der Waals surface area (Å²) in [5, 5.41) is 0. The summed E-state index contributed by atoms with van der Waals surface area (Å²) in [6, 6.07) is 4.27. The lowest BCUT2D eigenvalue weighted by Crippen LogP contribution is -2.34. The smallest absolute Gasteiger partial charge is 0.160 e. The van der Waals surface area contributed by atoms with Crippen LogP contribution in [0.2, 0.25) is 0 Å². The highest BCUT2D eigenvalue weighted by molar-refractivity contribution is 6.16. The number of piperidine rings is 1. The quantitative estimate of drug-likeness (QED) is 0.812. The molecule has 0 radical (unpaired) electrons. The molecule has 1 fully saturated rings. The molecule has 108 valence electrons. The Labute approximate surface area is 124 Å². The maximum atomic E-state index is 6.07. The Bertz CT molecular complexity index is 574. The van der Waals surface area contributed by atoms with Crippen molar-refractivity contribution in [3.8, 4) is 0 Å². The van der Waals surface area contributed by atoms with E-state index in [4.69, 9.17) is 11.6 Å². The van der Waals surface area contributed by atoms with E-state index in [1.165, 1.54) is 32.4 Å². The van der Waals surface area contributed by atoms with Crippen LogP contribution >= 0.6 is 11.6 Å². The van der Waals surface area contributed by atoms with Crippen LogP contribution in [0.15, 0.2) is 18.3 Å². The van der Waals surface area contributed by atoms with Crippen molar-refractivity contribution in [1.82, 2.24) is 19.4 Å². The van der Waals surface area contributed by atoms with Crippen molar-refractivity contribution in [3.05, 3.63) is 24.2 Å². The fraction of sp³-hybridized carbons (Fsp3) is 0.600. The highest BCUT2D eigenvalue weighted by atomic mass is 35.5. The van der Waals surface area contributed by atoms with E-state index in [-0.39, 0.29) is 0 Å². The molecule has 0 aromatic carbocycles. The van der Waals surface area contributed by atoms with Crippen LogP contribution in [0.3, 0.4) is 0 Å². The summed E-state index contributed by atoms with van der Waals surface area (Å²) >= 11 is 6.07. The molecule has 1 aliphatic heterocycles. The molecule has 0 amide bonds. The molecule has 20 heavy (non-hydrogen) atoms. The minimum absolute atomic E-state index is 0.349. The van der Waals surface area contributed by atoms with E-state index >= 15 is 0 Å². The normalized spacial score (nSPS) is 18.5. The lowest BCUT2D eigenvalue weighted by molar-refractivity contribution is 0.202. The van der Waals surface area contributed by atoms with Gasteiger partial charge in [-0.15, -0.1) is 11.6 Å². The van der Waals surface area contributed by atoms with Gasteiger partial charge in [-0.1, -0.05) is 6.42 Å². The molecule has 0 N–H and O–H groups in total. The van der Waals surface area contributed by atoms with Crippen LogP contribution in [-0.4, -0.2) is 39.1 Å². The first-order valence-corrected chi connectivity index (χ1v) is 7.93. The number of fused-ring (bicyclic) bond motifs is 1. The van der Waals surface area contributed by atoms with Crippen LogP contribution in [0.1, 0.15) is 38.1 Å². The molecule has 3 heterocycles. The van der Waals surface area contributed by atoms with Crippen LogP contribution in [0.5, 0.6) is 0 Å². The highest BCUT2D eigenvalue weighted by Gasteiger charge is 2.19. The maximum absolute atomic E-state index is 6.07. The molecule has 2 aromatic heterocycles. The van der Waals surface area contributed by atoms with E-state index in [2.05, 4.69) is 26.4 Å². The van der Waals surface area contributed by atoms with Crippen LogP contribution in [0.4, 0.5) is 0 Å². The number of aromatic nitrogens is 3. The van der Waals surface area contributed by atoms with E-state index in [0.717, 1.165) is 23.5 Å². The molecule has 4 nitrogen and oxygen atoms in total. The molecule has 1 atom stereocenters. The lowest BCUT2D eigenvalue weighted by atomic mass is 10.1. The van der Waals surface area contributed by atoms with E-state index in [1.807, 2.05) is 18.3 Å². The van der Waals surface area contributed by atoms with Gasteiger partial charge in [0.15, 0.2) is 5.65 Å². The molecule has 0 aliphatic carbocycles. The highest BCUT2D eigenvalue weighted by Crippen LogP contribution is 2.22. The zero-order valence-corrected chi connectivity index (χ0v) is 12.7. The summed E-state index contributed by atoms with van der Waals surface area (Å²) in [4.78, 5) is 11.6. The molecule has 2 aromatic rings. The number of hydrogen-bond donors (Lipinski definition) is 0. The number of alkyl halides is 1. The molecule has 0 bridgehead atoms. The summed E-state index contributed by atoms with van der Waals surface area (Å²) in [5.74, 6) is 1.35. The topological polar surface area (TPSA) is 34.0 Å². The average Bonchev–Trinajstić information content (AvgIpc) is 2.86. The summed E-state index contributed by atoms with van der Waals surface area (Å²) in [7, 11) is 0. The van der Waals surface area contributed by atoms with Gasteiger partial charge in [0, 0.05) is 18.8 Å². The minimum Gasteiger partial charge on any atom is -0.308 e. The molecule has 3 rings (SSSR count). The van der Waals surface area contributed by atoms with Crippen LogP contribution in [0, 0.1) is 0 Å². The summed E-state index contributed by atoms with van der Waals surface area (Å²) in [6.45, 7) is 5.70. The van der Waals surface area contributed by atoms with Crippen molar-refractivity contribution in [2.45, 2.75) is 38.1 Å². The molecule has 0 saturated carbocycles. The van der Waals surface area contributed by atoms with Gasteiger partial charge in [0.05, 0.1) is 5.88 Å².